The van der Waals surface area contributed by atoms with Gasteiger partial charge in [-0.25, -0.2) is 0 Å². The average molecular weight is 610 g/mol. The molecule has 1 saturated carbocycles. The number of carbonyl (C=O) groups excluding carboxylic acids is 5. The monoisotopic (exact) mass is 609 g/mol. The molecule has 1 aromatic carbocycles. The highest BCUT2D eigenvalue weighted by Crippen LogP contribution is 2.34. The minimum Gasteiger partial charge on any atom is -0.366 e. The first kappa shape index (κ1) is 33.6. The number of likely N-dealkylation sites (tertiary alicyclic amines) is 1. The van der Waals surface area contributed by atoms with Crippen LogP contribution in [0.15, 0.2) is 18.2 Å². The van der Waals surface area contributed by atoms with Gasteiger partial charge in [-0.05, 0) is 42.5 Å². The van der Waals surface area contributed by atoms with E-state index in [1.807, 2.05) is 0 Å². The molecule has 4 atom stereocenters. The van der Waals surface area contributed by atoms with E-state index >= 15 is 0 Å². The van der Waals surface area contributed by atoms with Crippen molar-refractivity contribution in [1.82, 2.24) is 10.2 Å². The van der Waals surface area contributed by atoms with Gasteiger partial charge in [-0.15, -0.1) is 11.6 Å². The van der Waals surface area contributed by atoms with Crippen molar-refractivity contribution in [3.63, 3.8) is 0 Å². The number of fused-ring (bicyclic) bond motifs is 2. The largest absolute Gasteiger partial charge is 0.366 e. The molecule has 0 radical (unpaired) electrons. The number of ketones is 2. The van der Waals surface area contributed by atoms with Crippen LogP contribution in [0.1, 0.15) is 41.6 Å². The lowest BCUT2D eigenvalue weighted by Crippen LogP contribution is -2.54. The molecule has 37 heavy (non-hydrogen) atoms. The van der Waals surface area contributed by atoms with Crippen LogP contribution in [0.5, 0.6) is 0 Å². The van der Waals surface area contributed by atoms with Crippen LogP contribution in [-0.2, 0) is 30.3 Å². The fourth-order valence-electron chi connectivity index (χ4n) is 5.35. The summed E-state index contributed by atoms with van der Waals surface area (Å²) in [5, 5.41) is 4.93. The molecule has 2 saturated heterocycles. The molecule has 3 heterocycles. The molecule has 0 aromatic heterocycles. The first-order valence-electron chi connectivity index (χ1n) is 11.2. The van der Waals surface area contributed by atoms with Crippen LogP contribution in [0, 0.1) is 5.92 Å². The standard InChI is InChI=1S/C23H24ClN3O6.4H2S/c24-14-9-27(19-17(29)10-33-20(14)19)23(32)18(11-3-1-2-4-11)26-21(30)12-5-6-15-13(7-12)8-16(28)22(31)25-15;;;;/h5-7,11,14,18-20H,1-4,8-10H2,(H,25,31)(H,26,30);4*1H2/t14-,18-,19+,20+;;;;/m0..../s1. The number of rotatable bonds is 4. The second kappa shape index (κ2) is 13.6. The van der Waals surface area contributed by atoms with Crippen molar-refractivity contribution < 1.29 is 28.7 Å². The molecule has 1 aromatic rings. The number of anilines is 1. The summed E-state index contributed by atoms with van der Waals surface area (Å²) in [5.41, 5.74) is 1.34. The van der Waals surface area contributed by atoms with Crippen molar-refractivity contribution in [2.45, 2.75) is 55.7 Å². The van der Waals surface area contributed by atoms with Crippen LogP contribution >= 0.6 is 65.6 Å². The van der Waals surface area contributed by atoms with Gasteiger partial charge in [0.05, 0.1) is 5.38 Å². The van der Waals surface area contributed by atoms with E-state index in [2.05, 4.69) is 10.6 Å². The Morgan fingerprint density at radius 2 is 1.76 bits per heavy atom. The number of nitrogens with zero attached hydrogens (tertiary/aromatic N) is 1. The van der Waals surface area contributed by atoms with Crippen molar-refractivity contribution in [1.29, 1.82) is 0 Å². The molecule has 5 rings (SSSR count). The summed E-state index contributed by atoms with van der Waals surface area (Å²) in [5.74, 6) is -2.20. The normalized spacial score (nSPS) is 24.8. The van der Waals surface area contributed by atoms with Gasteiger partial charge < -0.3 is 20.3 Å². The quantitative estimate of drug-likeness (QED) is 0.392. The minimum atomic E-state index is -0.784. The number of carbonyl (C=O) groups is 5. The Hall–Kier alpha value is -1.38. The third-order valence-electron chi connectivity index (χ3n) is 7.05. The molecular weight excluding hydrogens is 578 g/mol. The maximum atomic E-state index is 13.6. The van der Waals surface area contributed by atoms with E-state index in [-0.39, 0.29) is 91.2 Å². The first-order chi connectivity index (χ1) is 15.8. The number of amides is 3. The smallest absolute Gasteiger partial charge is 0.292 e. The summed E-state index contributed by atoms with van der Waals surface area (Å²) in [4.78, 5) is 63.9. The molecule has 206 valence electrons. The number of hydrogen-bond acceptors (Lipinski definition) is 6. The lowest BCUT2D eigenvalue weighted by molar-refractivity contribution is -0.139. The van der Waals surface area contributed by atoms with E-state index in [0.29, 0.717) is 16.8 Å². The molecule has 0 unspecified atom stereocenters. The van der Waals surface area contributed by atoms with Crippen LogP contribution in [-0.4, -0.2) is 70.9 Å². The second-order valence-electron chi connectivity index (χ2n) is 9.12. The summed E-state index contributed by atoms with van der Waals surface area (Å²) in [6.45, 7) is 0.133. The number of hydrogen-bond donors (Lipinski definition) is 2. The molecular formula is C23H32ClN3O6S4. The number of alkyl halides is 1. The molecule has 1 aliphatic carbocycles. The Balaban J connectivity index is 0.00000171. The van der Waals surface area contributed by atoms with Gasteiger partial charge in [0.25, 0.3) is 11.8 Å². The Labute approximate surface area is 247 Å². The maximum Gasteiger partial charge on any atom is 0.292 e. The highest BCUT2D eigenvalue weighted by atomic mass is 35.5. The van der Waals surface area contributed by atoms with Gasteiger partial charge in [0.2, 0.25) is 11.7 Å². The Bertz CT molecular complexity index is 1070. The van der Waals surface area contributed by atoms with Gasteiger partial charge in [0.1, 0.15) is 24.8 Å². The lowest BCUT2D eigenvalue weighted by atomic mass is 9.95. The number of nitrogens with one attached hydrogen (secondary N) is 2. The Morgan fingerprint density at radius 3 is 2.43 bits per heavy atom. The molecule has 4 aliphatic rings. The Kier molecular flexibility index (Phi) is 12.4. The fourth-order valence-corrected chi connectivity index (χ4v) is 5.71. The molecule has 0 bridgehead atoms. The predicted octanol–water partition coefficient (Wildman–Crippen LogP) is 1.28. The van der Waals surface area contributed by atoms with Crippen LogP contribution in [0.4, 0.5) is 5.69 Å². The summed E-state index contributed by atoms with van der Waals surface area (Å²) in [6, 6.07) is 3.20. The van der Waals surface area contributed by atoms with Gasteiger partial charge in [0, 0.05) is 24.2 Å². The third kappa shape index (κ3) is 6.44. The second-order valence-corrected chi connectivity index (χ2v) is 9.68. The topological polar surface area (TPSA) is 122 Å². The molecule has 3 aliphatic heterocycles. The zero-order valence-electron chi connectivity index (χ0n) is 19.8. The molecule has 2 N–H and O–H groups in total. The van der Waals surface area contributed by atoms with E-state index in [4.69, 9.17) is 16.3 Å². The lowest BCUT2D eigenvalue weighted by Gasteiger charge is -2.30. The van der Waals surface area contributed by atoms with E-state index in [1.165, 1.54) is 4.90 Å². The summed E-state index contributed by atoms with van der Waals surface area (Å²) >= 11 is 6.36. The summed E-state index contributed by atoms with van der Waals surface area (Å²) in [7, 11) is 0. The maximum absolute atomic E-state index is 13.6. The van der Waals surface area contributed by atoms with E-state index in [9.17, 15) is 24.0 Å². The van der Waals surface area contributed by atoms with E-state index in [1.54, 1.807) is 18.2 Å². The average Bonchev–Trinajstić information content (AvgIpc) is 3.52. The highest BCUT2D eigenvalue weighted by molar-refractivity contribution is 7.59. The van der Waals surface area contributed by atoms with Crippen molar-refractivity contribution in [2.75, 3.05) is 18.5 Å². The van der Waals surface area contributed by atoms with Crippen molar-refractivity contribution in [3.05, 3.63) is 29.3 Å². The number of benzene rings is 1. The van der Waals surface area contributed by atoms with Crippen LogP contribution in [0.2, 0.25) is 0 Å². The van der Waals surface area contributed by atoms with Gasteiger partial charge in [0.15, 0.2) is 5.78 Å². The van der Waals surface area contributed by atoms with Crippen LogP contribution in [0.25, 0.3) is 0 Å². The first-order valence-corrected chi connectivity index (χ1v) is 11.6. The highest BCUT2D eigenvalue weighted by Gasteiger charge is 2.53. The van der Waals surface area contributed by atoms with Crippen molar-refractivity contribution >= 4 is 101 Å². The van der Waals surface area contributed by atoms with E-state index in [0.717, 1.165) is 25.7 Å². The van der Waals surface area contributed by atoms with E-state index < -0.39 is 41.2 Å². The number of halogens is 1. The van der Waals surface area contributed by atoms with Crippen molar-refractivity contribution in [2.24, 2.45) is 5.92 Å². The number of ether oxygens (including phenoxy) is 1. The van der Waals surface area contributed by atoms with Crippen LogP contribution in [0.3, 0.4) is 0 Å². The molecule has 0 spiro atoms. The minimum absolute atomic E-state index is 0. The zero-order valence-corrected chi connectivity index (χ0v) is 24.6. The zero-order chi connectivity index (χ0) is 23.3. The predicted molar refractivity (Wildman–Crippen MR) is 158 cm³/mol. The molecule has 3 fully saturated rings. The molecule has 14 heteroatoms. The summed E-state index contributed by atoms with van der Waals surface area (Å²) < 4.78 is 5.49. The molecule has 3 amide bonds. The Morgan fingerprint density at radius 1 is 1.08 bits per heavy atom. The van der Waals surface area contributed by atoms with Crippen LogP contribution < -0.4 is 10.6 Å². The molecule has 9 nitrogen and oxygen atoms in total. The van der Waals surface area contributed by atoms with Gasteiger partial charge >= 0.3 is 0 Å². The fraction of sp³-hybridized carbons (Fsp3) is 0.522. The van der Waals surface area contributed by atoms with Gasteiger partial charge in [-0.2, -0.15) is 54.0 Å². The third-order valence-corrected chi connectivity index (χ3v) is 7.44. The summed E-state index contributed by atoms with van der Waals surface area (Å²) in [6.07, 6.45) is 2.95. The van der Waals surface area contributed by atoms with Crippen molar-refractivity contribution in [3.8, 4) is 0 Å². The SMILES string of the molecule is O=C1Cc2cc(C(=O)N[C@H](C(=O)N3C[C@H](Cl)[C@H]4OCC(=O)[C@H]43)C3CCCC3)ccc2NC1=O.S.S.S.S. The van der Waals surface area contributed by atoms with Gasteiger partial charge in [-0.3, -0.25) is 24.0 Å². The number of Topliss-reactive ketones (excluding diaryl/α,β-unsaturated/α-hetero) is 2. The van der Waals surface area contributed by atoms with Gasteiger partial charge in [-0.1, -0.05) is 12.8 Å².